The number of rotatable bonds is 22. The number of hydrogen-bond donors (Lipinski definition) is 2. The number of pyridine rings is 1. The molecule has 1 aliphatic heterocycles. The van der Waals surface area contributed by atoms with Gasteiger partial charge in [-0.05, 0) is 74.2 Å². The number of aryl methyl sites for hydroxylation is 1. The molecule has 8 atom stereocenters. The van der Waals surface area contributed by atoms with Gasteiger partial charge in [0.1, 0.15) is 5.78 Å². The molecule has 0 saturated carbocycles. The maximum atomic E-state index is 14.2. The molecule has 1 aromatic heterocycles. The lowest BCUT2D eigenvalue weighted by atomic mass is 9.82. The van der Waals surface area contributed by atoms with Crippen molar-refractivity contribution < 1.29 is 29.0 Å². The maximum Gasteiger partial charge on any atom is 0.226 e. The Morgan fingerprint density at radius 1 is 1.04 bits per heavy atom. The lowest BCUT2D eigenvalue weighted by molar-refractivity contribution is -0.148. The largest absolute Gasteiger partial charge is 0.396 e. The lowest BCUT2D eigenvalue weighted by Gasteiger charge is -2.41. The maximum absolute atomic E-state index is 14.2. The summed E-state index contributed by atoms with van der Waals surface area (Å²) in [6, 6.07) is 9.18. The number of aliphatic hydroxyl groups excluding tert-OH is 1. The smallest absolute Gasteiger partial charge is 0.226 e. The van der Waals surface area contributed by atoms with Crippen molar-refractivity contribution >= 4 is 34.3 Å². The average Bonchev–Trinajstić information content (AvgIpc) is 3.62. The Balaban J connectivity index is 1.70. The Morgan fingerprint density at radius 3 is 2.36 bits per heavy atom. The van der Waals surface area contributed by atoms with Gasteiger partial charge >= 0.3 is 0 Å². The van der Waals surface area contributed by atoms with Gasteiger partial charge in [-0.1, -0.05) is 67.0 Å². The highest BCUT2D eigenvalue weighted by Crippen LogP contribution is 2.33. The molecule has 1 unspecified atom stereocenters. The number of aliphatic hydroxyl groups is 1. The molecule has 1 fully saturated rings. The van der Waals surface area contributed by atoms with Crippen LogP contribution in [0.2, 0.25) is 0 Å². The van der Waals surface area contributed by atoms with Crippen molar-refractivity contribution in [2.24, 2.45) is 35.5 Å². The number of likely N-dealkylation sites (N-methyl/N-ethyl adjacent to an activating group) is 2. The van der Waals surface area contributed by atoms with E-state index in [0.29, 0.717) is 19.4 Å². The number of carbonyl (C=O) groups excluding carboxylic acids is 4. The molecule has 1 saturated heterocycles. The highest BCUT2D eigenvalue weighted by atomic mass is 16.5. The number of amides is 2. The van der Waals surface area contributed by atoms with E-state index in [4.69, 9.17) is 4.74 Å². The van der Waals surface area contributed by atoms with E-state index >= 15 is 0 Å². The van der Waals surface area contributed by atoms with Crippen LogP contribution < -0.4 is 5.32 Å². The normalized spacial score (nSPS) is 18.8. The first-order chi connectivity index (χ1) is 25.2. The highest BCUT2D eigenvalue weighted by molar-refractivity contribution is 5.90. The van der Waals surface area contributed by atoms with E-state index in [9.17, 15) is 24.3 Å². The van der Waals surface area contributed by atoms with Gasteiger partial charge in [-0.25, -0.2) is 0 Å². The number of ketones is 2. The topological polar surface area (TPSA) is 129 Å². The van der Waals surface area contributed by atoms with Crippen molar-refractivity contribution in [3.63, 3.8) is 0 Å². The zero-order valence-electron chi connectivity index (χ0n) is 34.1. The van der Waals surface area contributed by atoms with Crippen LogP contribution in [0.1, 0.15) is 99.0 Å². The summed E-state index contributed by atoms with van der Waals surface area (Å²) in [5.41, 5.74) is 2.11. The molecule has 10 heteroatoms. The molecule has 2 heterocycles. The molecule has 0 spiro atoms. The summed E-state index contributed by atoms with van der Waals surface area (Å²) in [5.74, 6) is -1.28. The second kappa shape index (κ2) is 21.0. The van der Waals surface area contributed by atoms with Crippen molar-refractivity contribution in [3.8, 4) is 0 Å². The Labute approximate surface area is 318 Å². The molecule has 10 nitrogen and oxygen atoms in total. The summed E-state index contributed by atoms with van der Waals surface area (Å²) in [6.45, 7) is 14.3. The molecule has 1 aromatic carbocycles. The van der Waals surface area contributed by atoms with Crippen LogP contribution in [-0.4, -0.2) is 102 Å². The number of hydrogen-bond acceptors (Lipinski definition) is 8. The van der Waals surface area contributed by atoms with Crippen LogP contribution in [0.25, 0.3) is 10.9 Å². The van der Waals surface area contributed by atoms with E-state index in [1.54, 1.807) is 32.3 Å². The average molecular weight is 737 g/mol. The fraction of sp³-hybridized carbons (Fsp3) is 0.698. The summed E-state index contributed by atoms with van der Waals surface area (Å²) in [7, 11) is 5.14. The van der Waals surface area contributed by atoms with E-state index in [-0.39, 0.29) is 78.6 Å². The van der Waals surface area contributed by atoms with Crippen LogP contribution in [0.5, 0.6) is 0 Å². The first kappa shape index (κ1) is 44.2. The predicted molar refractivity (Wildman–Crippen MR) is 211 cm³/mol. The molecule has 0 aliphatic carbocycles. The molecule has 2 N–H and O–H groups in total. The lowest BCUT2D eigenvalue weighted by Crippen LogP contribution is -2.54. The second-order valence-electron chi connectivity index (χ2n) is 16.1. The van der Waals surface area contributed by atoms with Gasteiger partial charge in [0.25, 0.3) is 0 Å². The number of Topliss-reactive ketones (excluding diaryl/α,β-unsaturated/α-hetero) is 2. The van der Waals surface area contributed by atoms with Crippen LogP contribution in [0, 0.1) is 35.5 Å². The van der Waals surface area contributed by atoms with Crippen molar-refractivity contribution in [1.82, 2.24) is 20.1 Å². The van der Waals surface area contributed by atoms with Gasteiger partial charge in [0, 0.05) is 75.5 Å². The van der Waals surface area contributed by atoms with Gasteiger partial charge < -0.3 is 25.0 Å². The quantitative estimate of drug-likeness (QED) is 0.148. The summed E-state index contributed by atoms with van der Waals surface area (Å²) in [5, 5.41) is 14.8. The summed E-state index contributed by atoms with van der Waals surface area (Å²) in [4.78, 5) is 63.1. The first-order valence-corrected chi connectivity index (χ1v) is 20.0. The van der Waals surface area contributed by atoms with E-state index in [0.717, 1.165) is 42.1 Å². The highest BCUT2D eigenvalue weighted by Gasteiger charge is 2.42. The fourth-order valence-electron chi connectivity index (χ4n) is 8.47. The van der Waals surface area contributed by atoms with E-state index in [2.05, 4.69) is 36.3 Å². The molecule has 0 bridgehead atoms. The van der Waals surface area contributed by atoms with Crippen molar-refractivity contribution in [3.05, 3.63) is 42.1 Å². The van der Waals surface area contributed by atoms with Crippen LogP contribution >= 0.6 is 0 Å². The number of nitrogens with one attached hydrogen (secondary N) is 1. The van der Waals surface area contributed by atoms with Gasteiger partial charge in [-0.15, -0.1) is 0 Å². The number of fused-ring (bicyclic) bond motifs is 1. The van der Waals surface area contributed by atoms with Crippen LogP contribution in [-0.2, 0) is 30.3 Å². The molecule has 53 heavy (non-hydrogen) atoms. The van der Waals surface area contributed by atoms with Crippen molar-refractivity contribution in [2.45, 2.75) is 124 Å². The standard InChI is InChI=1S/C43H68N4O6/c1-11-29(6)42(46(9)43(52)33(27(2)3)24-38(50)41(44-8)28(4)5)39(53-10)25-40(51)47-22-14-17-36(47)34(26-48)30(7)37(49)18-12-15-31-19-20-35-32(23-31)16-13-21-45-35/h13,16,19-21,23,27-30,33-34,36,39,41-42,44,48H,11-12,14-15,17-18,22,24-26H2,1-10H3/t29-,30+,33-,34+,36-,39+,41-,42?/m0/s1. The Bertz CT molecular complexity index is 1500. The monoisotopic (exact) mass is 737 g/mol. The third kappa shape index (κ3) is 11.4. The van der Waals surface area contributed by atoms with Gasteiger partial charge in [0.2, 0.25) is 11.8 Å². The number of ether oxygens (including phenoxy) is 1. The Hall–Kier alpha value is -3.21. The molecular formula is C43H68N4O6. The van der Waals surface area contributed by atoms with Gasteiger partial charge in [-0.2, -0.15) is 0 Å². The number of likely N-dealkylation sites (tertiary alicyclic amines) is 1. The molecular weight excluding hydrogens is 668 g/mol. The van der Waals surface area contributed by atoms with Crippen LogP contribution in [0.3, 0.4) is 0 Å². The SMILES string of the molecule is CC[C@H](C)C([C@@H](CC(=O)N1CCC[C@H]1[C@H](CO)[C@@H](C)C(=O)CCCc1ccc2ncccc2c1)OC)N(C)C(=O)[C@@H](CC(=O)[C@@H](NC)C(C)C)C(C)C. The third-order valence-electron chi connectivity index (χ3n) is 12.0. The molecule has 2 amide bonds. The van der Waals surface area contributed by atoms with E-state index in [1.165, 1.54) is 0 Å². The minimum atomic E-state index is -0.575. The summed E-state index contributed by atoms with van der Waals surface area (Å²) >= 11 is 0. The van der Waals surface area contributed by atoms with Crippen LogP contribution in [0.4, 0.5) is 0 Å². The second-order valence-corrected chi connectivity index (χ2v) is 16.1. The Kier molecular flexibility index (Phi) is 17.5. The number of carbonyl (C=O) groups is 4. The zero-order valence-corrected chi connectivity index (χ0v) is 34.1. The number of aromatic nitrogens is 1. The van der Waals surface area contributed by atoms with Crippen LogP contribution in [0.15, 0.2) is 36.5 Å². The minimum Gasteiger partial charge on any atom is -0.396 e. The number of benzene rings is 1. The summed E-state index contributed by atoms with van der Waals surface area (Å²) < 4.78 is 6.03. The molecule has 3 rings (SSSR count). The number of nitrogens with zero attached hydrogens (tertiary/aromatic N) is 3. The molecule has 296 valence electrons. The van der Waals surface area contributed by atoms with Gasteiger partial charge in [0.05, 0.1) is 30.1 Å². The molecule has 0 radical (unpaired) electrons. The fourth-order valence-corrected chi connectivity index (χ4v) is 8.47. The van der Waals surface area contributed by atoms with Gasteiger partial charge in [-0.3, -0.25) is 24.2 Å². The first-order valence-electron chi connectivity index (χ1n) is 20.0. The van der Waals surface area contributed by atoms with Gasteiger partial charge in [0.15, 0.2) is 5.78 Å². The third-order valence-corrected chi connectivity index (χ3v) is 12.0. The molecule has 2 aromatic rings. The van der Waals surface area contributed by atoms with E-state index < -0.39 is 24.0 Å². The molecule has 1 aliphatic rings. The van der Waals surface area contributed by atoms with E-state index in [1.807, 2.05) is 57.7 Å². The minimum absolute atomic E-state index is 0.0226. The van der Waals surface area contributed by atoms with Crippen molar-refractivity contribution in [2.75, 3.05) is 34.4 Å². The number of methoxy groups -OCH3 is 1. The van der Waals surface area contributed by atoms with Crippen molar-refractivity contribution in [1.29, 1.82) is 0 Å². The summed E-state index contributed by atoms with van der Waals surface area (Å²) in [6.07, 6.45) is 5.59. The Morgan fingerprint density at radius 2 is 1.75 bits per heavy atom. The zero-order chi connectivity index (χ0) is 39.4. The predicted octanol–water partition coefficient (Wildman–Crippen LogP) is 6.12.